The van der Waals surface area contributed by atoms with Crippen LogP contribution in [0.2, 0.25) is 5.02 Å². The van der Waals surface area contributed by atoms with Crippen molar-refractivity contribution in [2.75, 3.05) is 12.4 Å². The van der Waals surface area contributed by atoms with Gasteiger partial charge in [0, 0.05) is 11.0 Å². The van der Waals surface area contributed by atoms with Crippen LogP contribution < -0.4 is 10.1 Å². The van der Waals surface area contributed by atoms with E-state index in [0.717, 1.165) is 53.1 Å². The molecule has 0 bridgehead atoms. The fourth-order valence-corrected chi connectivity index (χ4v) is 5.73. The van der Waals surface area contributed by atoms with Crippen LogP contribution in [0.25, 0.3) is 11.1 Å². The zero-order chi connectivity index (χ0) is 19.8. The lowest BCUT2D eigenvalue weighted by Gasteiger charge is -2.55. The summed E-state index contributed by atoms with van der Waals surface area (Å²) in [6, 6.07) is 2.10. The number of ether oxygens (including phenoxy) is 1. The first-order valence-electron chi connectivity index (χ1n) is 9.42. The van der Waals surface area contributed by atoms with E-state index in [1.54, 1.807) is 7.11 Å². The molecule has 2 atom stereocenters. The van der Waals surface area contributed by atoms with E-state index in [0.29, 0.717) is 10.8 Å². The number of aliphatic hydroxyl groups is 1. The quantitative estimate of drug-likeness (QED) is 0.755. The smallest absolute Gasteiger partial charge is 0.147 e. The second-order valence-electron chi connectivity index (χ2n) is 8.69. The third kappa shape index (κ3) is 2.18. The van der Waals surface area contributed by atoms with Crippen LogP contribution in [0.5, 0.6) is 5.75 Å². The molecule has 0 amide bonds. The summed E-state index contributed by atoms with van der Waals surface area (Å²) in [6.07, 6.45) is 2.64. The van der Waals surface area contributed by atoms with Gasteiger partial charge in [-0.1, -0.05) is 23.7 Å². The van der Waals surface area contributed by atoms with Gasteiger partial charge < -0.3 is 19.7 Å². The van der Waals surface area contributed by atoms with Crippen molar-refractivity contribution in [3.63, 3.8) is 0 Å². The lowest BCUT2D eigenvalue weighted by molar-refractivity contribution is -0.0628. The first kappa shape index (κ1) is 18.6. The molecule has 0 saturated heterocycles. The number of benzene rings is 1. The molecule has 2 aliphatic rings. The summed E-state index contributed by atoms with van der Waals surface area (Å²) < 4.78 is 11.1. The zero-order valence-electron chi connectivity index (χ0n) is 16.8. The molecule has 0 spiro atoms. The number of rotatable bonds is 2. The van der Waals surface area contributed by atoms with Crippen LogP contribution in [-0.2, 0) is 5.41 Å². The third-order valence-corrected chi connectivity index (χ3v) is 7.28. The van der Waals surface area contributed by atoms with Crippen molar-refractivity contribution in [2.24, 2.45) is 0 Å². The number of anilines is 1. The maximum absolute atomic E-state index is 11.7. The second kappa shape index (κ2) is 5.65. The summed E-state index contributed by atoms with van der Waals surface area (Å²) >= 11 is 6.86. The Balaban J connectivity index is 2.07. The van der Waals surface area contributed by atoms with E-state index in [1.807, 2.05) is 27.7 Å². The number of nitrogens with zero attached hydrogens (tertiary/aromatic N) is 1. The number of aryl methyl sites for hydroxylation is 2. The van der Waals surface area contributed by atoms with E-state index in [-0.39, 0.29) is 0 Å². The van der Waals surface area contributed by atoms with Crippen molar-refractivity contribution in [1.29, 1.82) is 0 Å². The van der Waals surface area contributed by atoms with Crippen molar-refractivity contribution < 1.29 is 14.4 Å². The summed E-state index contributed by atoms with van der Waals surface area (Å²) in [6.45, 7) is 10.0. The van der Waals surface area contributed by atoms with Crippen LogP contribution >= 0.6 is 11.6 Å². The molecule has 2 heterocycles. The Morgan fingerprint density at radius 2 is 1.96 bits per heavy atom. The predicted octanol–water partition coefficient (Wildman–Crippen LogP) is 5.00. The Morgan fingerprint density at radius 1 is 1.26 bits per heavy atom. The number of hydrogen-bond donors (Lipinski definition) is 2. The molecule has 27 heavy (non-hydrogen) atoms. The number of fused-ring (bicyclic) bond motifs is 3. The van der Waals surface area contributed by atoms with Gasteiger partial charge in [0.25, 0.3) is 0 Å². The topological polar surface area (TPSA) is 67.5 Å². The average molecular weight is 391 g/mol. The summed E-state index contributed by atoms with van der Waals surface area (Å²) in [7, 11) is 1.62. The van der Waals surface area contributed by atoms with Crippen molar-refractivity contribution in [2.45, 2.75) is 70.4 Å². The molecule has 2 aromatic rings. The minimum absolute atomic E-state index is 0.402. The summed E-state index contributed by atoms with van der Waals surface area (Å²) in [5.41, 5.74) is 2.65. The molecule has 1 aliphatic heterocycles. The van der Waals surface area contributed by atoms with E-state index in [4.69, 9.17) is 20.9 Å². The Hall–Kier alpha value is -1.72. The zero-order valence-corrected chi connectivity index (χ0v) is 17.5. The lowest BCUT2D eigenvalue weighted by Crippen LogP contribution is -2.65. The lowest BCUT2D eigenvalue weighted by atomic mass is 9.60. The average Bonchev–Trinajstić information content (AvgIpc) is 3.10. The minimum atomic E-state index is -0.860. The van der Waals surface area contributed by atoms with Crippen molar-refractivity contribution >= 4 is 17.3 Å². The SMILES string of the molecule is COc1c(-c2c(C)noc2C)cc2c(c1Cl)NC(C)(C)C1(O)CCCC21C. The van der Waals surface area contributed by atoms with Gasteiger partial charge in [0.2, 0.25) is 0 Å². The molecule has 0 radical (unpaired) electrons. The number of methoxy groups -OCH3 is 1. The summed E-state index contributed by atoms with van der Waals surface area (Å²) in [4.78, 5) is 0. The van der Waals surface area contributed by atoms with Crippen molar-refractivity contribution in [1.82, 2.24) is 5.16 Å². The van der Waals surface area contributed by atoms with Gasteiger partial charge in [-0.05, 0) is 58.6 Å². The second-order valence-corrected chi connectivity index (χ2v) is 9.07. The minimum Gasteiger partial charge on any atom is -0.494 e. The number of hydrogen-bond acceptors (Lipinski definition) is 5. The summed E-state index contributed by atoms with van der Waals surface area (Å²) in [5.74, 6) is 1.32. The standard InChI is InChI=1S/C21H27ClN2O3/c1-11-15(12(2)27-24-11)13-10-14-17(16(22)18(13)26-6)23-19(3,4)21(25)9-7-8-20(14,21)5/h10,23,25H,7-9H2,1-6H3. The maximum atomic E-state index is 11.7. The normalized spacial score (nSPS) is 28.4. The molecule has 5 nitrogen and oxygen atoms in total. The Bertz CT molecular complexity index is 916. The van der Waals surface area contributed by atoms with Crippen LogP contribution in [0, 0.1) is 13.8 Å². The number of halogens is 1. The van der Waals surface area contributed by atoms with Crippen molar-refractivity contribution in [3.8, 4) is 16.9 Å². The highest BCUT2D eigenvalue weighted by atomic mass is 35.5. The van der Waals surface area contributed by atoms with E-state index in [9.17, 15) is 5.11 Å². The predicted molar refractivity (Wildman–Crippen MR) is 107 cm³/mol. The van der Waals surface area contributed by atoms with E-state index < -0.39 is 16.6 Å². The van der Waals surface area contributed by atoms with Gasteiger partial charge in [0.15, 0.2) is 0 Å². The van der Waals surface area contributed by atoms with Crippen LogP contribution in [-0.4, -0.2) is 28.5 Å². The Labute approximate surface area is 165 Å². The number of nitrogens with one attached hydrogen (secondary N) is 1. The van der Waals surface area contributed by atoms with Crippen LogP contribution in [0.15, 0.2) is 10.6 Å². The molecule has 1 aliphatic carbocycles. The maximum Gasteiger partial charge on any atom is 0.147 e. The third-order valence-electron chi connectivity index (χ3n) is 6.92. The highest BCUT2D eigenvalue weighted by molar-refractivity contribution is 6.35. The van der Waals surface area contributed by atoms with Gasteiger partial charge >= 0.3 is 0 Å². The van der Waals surface area contributed by atoms with Gasteiger partial charge in [0.05, 0.1) is 35.2 Å². The first-order valence-corrected chi connectivity index (χ1v) is 9.80. The molecule has 2 N–H and O–H groups in total. The largest absolute Gasteiger partial charge is 0.494 e. The monoisotopic (exact) mass is 390 g/mol. The molecule has 1 saturated carbocycles. The van der Waals surface area contributed by atoms with E-state index in [1.165, 1.54) is 0 Å². The molecule has 6 heteroatoms. The van der Waals surface area contributed by atoms with Crippen LogP contribution in [0.1, 0.15) is 57.1 Å². The highest BCUT2D eigenvalue weighted by Gasteiger charge is 2.63. The van der Waals surface area contributed by atoms with Gasteiger partial charge in [-0.15, -0.1) is 0 Å². The van der Waals surface area contributed by atoms with Gasteiger partial charge in [0.1, 0.15) is 16.5 Å². The molecule has 146 valence electrons. The van der Waals surface area contributed by atoms with Crippen molar-refractivity contribution in [3.05, 3.63) is 28.1 Å². The van der Waals surface area contributed by atoms with Gasteiger partial charge in [-0.25, -0.2) is 0 Å². The van der Waals surface area contributed by atoms with Crippen LogP contribution in [0.3, 0.4) is 0 Å². The Kier molecular flexibility index (Phi) is 3.90. The fraction of sp³-hybridized carbons (Fsp3) is 0.571. The Morgan fingerprint density at radius 3 is 2.56 bits per heavy atom. The highest BCUT2D eigenvalue weighted by Crippen LogP contribution is 2.61. The van der Waals surface area contributed by atoms with Gasteiger partial charge in [-0.2, -0.15) is 0 Å². The summed E-state index contributed by atoms with van der Waals surface area (Å²) in [5, 5.41) is 19.9. The molecular weight excluding hydrogens is 364 g/mol. The fourth-order valence-electron chi connectivity index (χ4n) is 5.40. The molecule has 4 rings (SSSR count). The number of aromatic nitrogens is 1. The molecule has 1 aromatic carbocycles. The molecular formula is C21H27ClN2O3. The van der Waals surface area contributed by atoms with E-state index >= 15 is 0 Å². The molecule has 1 aromatic heterocycles. The van der Waals surface area contributed by atoms with Gasteiger partial charge in [-0.3, -0.25) is 0 Å². The van der Waals surface area contributed by atoms with Crippen LogP contribution in [0.4, 0.5) is 5.69 Å². The van der Waals surface area contributed by atoms with E-state index in [2.05, 4.69) is 23.5 Å². The molecule has 1 fully saturated rings. The first-order chi connectivity index (χ1) is 12.6. The molecule has 2 unspecified atom stereocenters.